The molecular formula is C17H21N3O2. The number of amides is 2. The molecule has 0 aromatic heterocycles. The first kappa shape index (κ1) is 13.9. The Labute approximate surface area is 130 Å². The van der Waals surface area contributed by atoms with Gasteiger partial charge >= 0.3 is 0 Å². The Bertz CT molecular complexity index is 595. The maximum atomic E-state index is 12.3. The maximum absolute atomic E-state index is 12.3. The van der Waals surface area contributed by atoms with Gasteiger partial charge in [-0.25, -0.2) is 0 Å². The van der Waals surface area contributed by atoms with Crippen LogP contribution < -0.4 is 5.73 Å². The van der Waals surface area contributed by atoms with Crippen molar-refractivity contribution in [3.63, 3.8) is 0 Å². The van der Waals surface area contributed by atoms with Crippen LogP contribution in [0.1, 0.15) is 33.6 Å². The highest BCUT2D eigenvalue weighted by Gasteiger charge is 2.41. The summed E-state index contributed by atoms with van der Waals surface area (Å²) in [6, 6.07) is 7.39. The lowest BCUT2D eigenvalue weighted by Gasteiger charge is -2.21. The summed E-state index contributed by atoms with van der Waals surface area (Å²) in [5.74, 6) is 0.993. The molecule has 0 radical (unpaired) electrons. The van der Waals surface area contributed by atoms with Crippen LogP contribution in [0.2, 0.25) is 0 Å². The zero-order valence-corrected chi connectivity index (χ0v) is 12.6. The zero-order chi connectivity index (χ0) is 15.3. The largest absolute Gasteiger partial charge is 0.327 e. The summed E-state index contributed by atoms with van der Waals surface area (Å²) in [6.07, 6.45) is 2.36. The number of likely N-dealkylation sites (tertiary alicyclic amines) is 1. The summed E-state index contributed by atoms with van der Waals surface area (Å²) in [5, 5.41) is 0. The zero-order valence-electron chi connectivity index (χ0n) is 12.6. The summed E-state index contributed by atoms with van der Waals surface area (Å²) in [5.41, 5.74) is 7.23. The van der Waals surface area contributed by atoms with Crippen LogP contribution in [0.3, 0.4) is 0 Å². The highest BCUT2D eigenvalue weighted by molar-refractivity contribution is 6.21. The Kier molecular flexibility index (Phi) is 3.27. The molecule has 116 valence electrons. The minimum atomic E-state index is -0.156. The molecule has 2 amide bonds. The molecule has 22 heavy (non-hydrogen) atoms. The van der Waals surface area contributed by atoms with E-state index in [0.29, 0.717) is 35.5 Å². The number of rotatable bonds is 3. The van der Waals surface area contributed by atoms with E-state index in [1.807, 2.05) is 0 Å². The van der Waals surface area contributed by atoms with Crippen molar-refractivity contribution in [3.05, 3.63) is 35.4 Å². The first-order valence-corrected chi connectivity index (χ1v) is 8.08. The fourth-order valence-electron chi connectivity index (χ4n) is 4.27. The molecule has 4 rings (SSSR count). The Balaban J connectivity index is 1.40. The van der Waals surface area contributed by atoms with E-state index < -0.39 is 0 Å². The van der Waals surface area contributed by atoms with E-state index in [9.17, 15) is 9.59 Å². The Morgan fingerprint density at radius 3 is 2.32 bits per heavy atom. The SMILES string of the molecule is NC1CCC2CN(CCN3C(=O)c4ccccc4C3=O)CC12. The standard InChI is InChI=1S/C17H21N3O2/c18-15-6-5-11-9-19(10-14(11)15)7-8-20-16(21)12-3-1-2-4-13(12)17(20)22/h1-4,11,14-15H,5-10,18H2. The van der Waals surface area contributed by atoms with Crippen LogP contribution in [-0.4, -0.2) is 53.8 Å². The number of benzene rings is 1. The third-order valence-electron chi connectivity index (χ3n) is 5.51. The van der Waals surface area contributed by atoms with Gasteiger partial charge in [0.15, 0.2) is 0 Å². The van der Waals surface area contributed by atoms with E-state index >= 15 is 0 Å². The number of imide groups is 1. The molecule has 1 aromatic carbocycles. The summed E-state index contributed by atoms with van der Waals surface area (Å²) in [7, 11) is 0. The lowest BCUT2D eigenvalue weighted by molar-refractivity contribution is 0.0639. The average molecular weight is 299 g/mol. The molecule has 0 bridgehead atoms. The molecule has 3 unspecified atom stereocenters. The van der Waals surface area contributed by atoms with E-state index in [4.69, 9.17) is 5.73 Å². The fourth-order valence-corrected chi connectivity index (χ4v) is 4.27. The Morgan fingerprint density at radius 2 is 1.68 bits per heavy atom. The summed E-state index contributed by atoms with van der Waals surface area (Å²) < 4.78 is 0. The van der Waals surface area contributed by atoms with E-state index in [1.165, 1.54) is 11.3 Å². The third-order valence-corrected chi connectivity index (χ3v) is 5.51. The second kappa shape index (κ2) is 5.18. The van der Waals surface area contributed by atoms with Crippen LogP contribution in [0.25, 0.3) is 0 Å². The molecule has 2 N–H and O–H groups in total. The van der Waals surface area contributed by atoms with Gasteiger partial charge in [-0.3, -0.25) is 14.5 Å². The molecule has 0 spiro atoms. The Morgan fingerprint density at radius 1 is 1.00 bits per heavy atom. The minimum Gasteiger partial charge on any atom is -0.327 e. The van der Waals surface area contributed by atoms with Crippen molar-refractivity contribution in [2.45, 2.75) is 18.9 Å². The normalized spacial score (nSPS) is 31.0. The van der Waals surface area contributed by atoms with Crippen LogP contribution >= 0.6 is 0 Å². The van der Waals surface area contributed by atoms with Crippen LogP contribution in [0, 0.1) is 11.8 Å². The number of carbonyl (C=O) groups excluding carboxylic acids is 2. The highest BCUT2D eigenvalue weighted by Crippen LogP contribution is 2.37. The first-order valence-electron chi connectivity index (χ1n) is 8.08. The van der Waals surface area contributed by atoms with Crippen molar-refractivity contribution in [1.82, 2.24) is 9.80 Å². The smallest absolute Gasteiger partial charge is 0.261 e. The van der Waals surface area contributed by atoms with Gasteiger partial charge in [-0.2, -0.15) is 0 Å². The molecule has 1 aliphatic carbocycles. The summed E-state index contributed by atoms with van der Waals surface area (Å²) in [6.45, 7) is 3.29. The molecule has 5 heteroatoms. The number of nitrogens with two attached hydrogens (primary N) is 1. The van der Waals surface area contributed by atoms with Gasteiger partial charge in [0.25, 0.3) is 11.8 Å². The van der Waals surface area contributed by atoms with Gasteiger partial charge in [-0.05, 0) is 36.8 Å². The number of hydrogen-bond donors (Lipinski definition) is 1. The van der Waals surface area contributed by atoms with Crippen molar-refractivity contribution in [2.75, 3.05) is 26.2 Å². The quantitative estimate of drug-likeness (QED) is 0.844. The van der Waals surface area contributed by atoms with Crippen molar-refractivity contribution in [2.24, 2.45) is 17.6 Å². The number of fused-ring (bicyclic) bond motifs is 2. The minimum absolute atomic E-state index is 0.156. The van der Waals surface area contributed by atoms with Crippen LogP contribution in [0.5, 0.6) is 0 Å². The first-order chi connectivity index (χ1) is 10.6. The topological polar surface area (TPSA) is 66.6 Å². The molecule has 2 aliphatic heterocycles. The van der Waals surface area contributed by atoms with Gasteiger partial charge in [0.05, 0.1) is 11.1 Å². The molecular weight excluding hydrogens is 278 g/mol. The lowest BCUT2D eigenvalue weighted by atomic mass is 9.98. The van der Waals surface area contributed by atoms with Gasteiger partial charge in [0.2, 0.25) is 0 Å². The molecule has 5 nitrogen and oxygen atoms in total. The van der Waals surface area contributed by atoms with Gasteiger partial charge in [0.1, 0.15) is 0 Å². The second-order valence-electron chi connectivity index (χ2n) is 6.73. The van der Waals surface area contributed by atoms with Gasteiger partial charge in [-0.15, -0.1) is 0 Å². The van der Waals surface area contributed by atoms with E-state index in [2.05, 4.69) is 4.90 Å². The molecule has 3 atom stereocenters. The molecule has 3 aliphatic rings. The second-order valence-corrected chi connectivity index (χ2v) is 6.73. The van der Waals surface area contributed by atoms with E-state index in [-0.39, 0.29) is 11.8 Å². The van der Waals surface area contributed by atoms with Gasteiger partial charge in [-0.1, -0.05) is 12.1 Å². The van der Waals surface area contributed by atoms with Gasteiger partial charge < -0.3 is 10.6 Å². The van der Waals surface area contributed by atoms with Crippen molar-refractivity contribution in [3.8, 4) is 0 Å². The van der Waals surface area contributed by atoms with Crippen molar-refractivity contribution in [1.29, 1.82) is 0 Å². The highest BCUT2D eigenvalue weighted by atomic mass is 16.2. The van der Waals surface area contributed by atoms with Crippen LogP contribution in [0.4, 0.5) is 0 Å². The van der Waals surface area contributed by atoms with Crippen molar-refractivity contribution < 1.29 is 9.59 Å². The monoisotopic (exact) mass is 299 g/mol. The molecule has 2 heterocycles. The number of hydrogen-bond acceptors (Lipinski definition) is 4. The predicted molar refractivity (Wildman–Crippen MR) is 82.4 cm³/mol. The lowest BCUT2D eigenvalue weighted by Crippen LogP contribution is -2.38. The summed E-state index contributed by atoms with van der Waals surface area (Å²) >= 11 is 0. The maximum Gasteiger partial charge on any atom is 0.261 e. The average Bonchev–Trinajstić information content (AvgIpc) is 3.15. The molecule has 1 saturated carbocycles. The number of carbonyl (C=O) groups is 2. The fraction of sp³-hybridized carbons (Fsp3) is 0.529. The summed E-state index contributed by atoms with van der Waals surface area (Å²) in [4.78, 5) is 28.4. The predicted octanol–water partition coefficient (Wildman–Crippen LogP) is 0.952. The van der Waals surface area contributed by atoms with Crippen molar-refractivity contribution >= 4 is 11.8 Å². The molecule has 1 aromatic rings. The third kappa shape index (κ3) is 2.08. The molecule has 2 fully saturated rings. The number of nitrogens with zero attached hydrogens (tertiary/aromatic N) is 2. The van der Waals surface area contributed by atoms with Gasteiger partial charge in [0, 0.05) is 32.2 Å². The molecule has 1 saturated heterocycles. The van der Waals surface area contributed by atoms with E-state index in [0.717, 1.165) is 26.1 Å². The van der Waals surface area contributed by atoms with Crippen LogP contribution in [-0.2, 0) is 0 Å². The van der Waals surface area contributed by atoms with Crippen LogP contribution in [0.15, 0.2) is 24.3 Å². The Hall–Kier alpha value is -1.72. The van der Waals surface area contributed by atoms with E-state index in [1.54, 1.807) is 24.3 Å².